The van der Waals surface area contributed by atoms with Crippen LogP contribution < -0.4 is 4.90 Å². The third-order valence-corrected chi connectivity index (χ3v) is 4.86. The van der Waals surface area contributed by atoms with Crippen LogP contribution in [0.3, 0.4) is 0 Å². The van der Waals surface area contributed by atoms with Gasteiger partial charge in [0.15, 0.2) is 0 Å². The molecule has 0 saturated carbocycles. The number of rotatable bonds is 2. The van der Waals surface area contributed by atoms with Crippen molar-refractivity contribution in [3.05, 3.63) is 22.8 Å². The zero-order valence-electron chi connectivity index (χ0n) is 11.1. The zero-order chi connectivity index (χ0) is 13.4. The summed E-state index contributed by atoms with van der Waals surface area (Å²) in [6, 6.07) is 5.11. The predicted molar refractivity (Wildman–Crippen MR) is 80.2 cm³/mol. The van der Waals surface area contributed by atoms with Gasteiger partial charge < -0.3 is 4.90 Å². The zero-order valence-corrected chi connectivity index (χ0v) is 12.7. The molecule has 5 heteroatoms. The second-order valence-corrected chi connectivity index (χ2v) is 6.20. The molecular weight excluding hydrogens is 281 g/mol. The van der Waals surface area contributed by atoms with E-state index in [4.69, 9.17) is 23.2 Å². The van der Waals surface area contributed by atoms with E-state index in [2.05, 4.69) is 21.7 Å². The highest BCUT2D eigenvalue weighted by Gasteiger charge is 2.34. The minimum atomic E-state index is 0.366. The number of piperazine rings is 1. The Bertz CT molecular complexity index is 466. The van der Waals surface area contributed by atoms with Crippen molar-refractivity contribution in [1.29, 1.82) is 0 Å². The maximum atomic E-state index is 6.09. The Balaban J connectivity index is 1.84. The summed E-state index contributed by atoms with van der Waals surface area (Å²) in [6.07, 6.45) is 2.63. The van der Waals surface area contributed by atoms with E-state index in [1.54, 1.807) is 0 Å². The maximum absolute atomic E-state index is 6.09. The highest BCUT2D eigenvalue weighted by molar-refractivity contribution is 6.32. The molecule has 2 atom stereocenters. The van der Waals surface area contributed by atoms with Gasteiger partial charge in [-0.1, -0.05) is 11.6 Å². The summed E-state index contributed by atoms with van der Waals surface area (Å²) in [5.41, 5.74) is 0.780. The van der Waals surface area contributed by atoms with E-state index in [0.29, 0.717) is 23.0 Å². The lowest BCUT2D eigenvalue weighted by atomic mass is 10.1. The summed E-state index contributed by atoms with van der Waals surface area (Å²) >= 11 is 12.0. The van der Waals surface area contributed by atoms with Crippen LogP contribution in [-0.4, -0.2) is 41.6 Å². The quantitative estimate of drug-likeness (QED) is 0.782. The Morgan fingerprint density at radius 1 is 1.37 bits per heavy atom. The smallest absolute Gasteiger partial charge is 0.129 e. The van der Waals surface area contributed by atoms with Crippen LogP contribution >= 0.6 is 23.2 Å². The summed E-state index contributed by atoms with van der Waals surface area (Å²) in [6.45, 7) is 5.72. The van der Waals surface area contributed by atoms with Crippen molar-refractivity contribution < 1.29 is 0 Å². The molecule has 2 saturated heterocycles. The molecule has 2 fully saturated rings. The van der Waals surface area contributed by atoms with Gasteiger partial charge in [-0.25, -0.2) is 4.98 Å². The van der Waals surface area contributed by atoms with Gasteiger partial charge in [-0.05, 0) is 38.4 Å². The van der Waals surface area contributed by atoms with Crippen molar-refractivity contribution in [2.24, 2.45) is 0 Å². The molecule has 1 aromatic rings. The van der Waals surface area contributed by atoms with Crippen LogP contribution in [0.5, 0.6) is 0 Å². The van der Waals surface area contributed by atoms with Gasteiger partial charge in [0, 0.05) is 25.2 Å². The van der Waals surface area contributed by atoms with Gasteiger partial charge in [-0.15, -0.1) is 11.6 Å². The summed E-state index contributed by atoms with van der Waals surface area (Å²) in [5.74, 6) is 1.38. The molecule has 0 N–H and O–H groups in total. The van der Waals surface area contributed by atoms with E-state index in [1.807, 2.05) is 12.1 Å². The molecule has 3 heterocycles. The van der Waals surface area contributed by atoms with Crippen LogP contribution in [0.15, 0.2) is 12.1 Å². The monoisotopic (exact) mass is 299 g/mol. The fourth-order valence-electron chi connectivity index (χ4n) is 3.23. The molecule has 104 valence electrons. The molecule has 0 aromatic carbocycles. The van der Waals surface area contributed by atoms with Crippen molar-refractivity contribution in [2.45, 2.75) is 37.7 Å². The third kappa shape index (κ3) is 2.56. The van der Waals surface area contributed by atoms with E-state index in [1.165, 1.54) is 19.4 Å². The van der Waals surface area contributed by atoms with Crippen molar-refractivity contribution in [2.75, 3.05) is 24.5 Å². The summed E-state index contributed by atoms with van der Waals surface area (Å²) in [7, 11) is 0. The Labute approximate surface area is 124 Å². The first-order chi connectivity index (χ1) is 9.19. The second kappa shape index (κ2) is 5.47. The third-order valence-electron chi connectivity index (χ3n) is 4.26. The average Bonchev–Trinajstić information content (AvgIpc) is 2.85. The van der Waals surface area contributed by atoms with E-state index in [9.17, 15) is 0 Å². The van der Waals surface area contributed by atoms with Crippen molar-refractivity contribution >= 4 is 29.0 Å². The number of nitrogens with zero attached hydrogens (tertiary/aromatic N) is 3. The standard InChI is InChI=1S/C14H19Cl2N3/c1-10-8-18-6-2-3-11(18)9-19(10)14-5-4-12(16)13(7-15)17-14/h4-5,10-11H,2-3,6-9H2,1H3. The van der Waals surface area contributed by atoms with Gasteiger partial charge in [-0.3, -0.25) is 4.90 Å². The minimum absolute atomic E-state index is 0.366. The molecule has 19 heavy (non-hydrogen) atoms. The fraction of sp³-hybridized carbons (Fsp3) is 0.643. The van der Waals surface area contributed by atoms with Gasteiger partial charge in [0.25, 0.3) is 0 Å². The maximum Gasteiger partial charge on any atom is 0.129 e. The SMILES string of the molecule is CC1CN2CCCC2CN1c1ccc(Cl)c(CCl)n1. The van der Waals surface area contributed by atoms with Crippen molar-refractivity contribution in [3.63, 3.8) is 0 Å². The molecule has 0 amide bonds. The molecule has 2 aliphatic heterocycles. The lowest BCUT2D eigenvalue weighted by Gasteiger charge is -2.43. The highest BCUT2D eigenvalue weighted by atomic mass is 35.5. The number of halogens is 2. The van der Waals surface area contributed by atoms with E-state index >= 15 is 0 Å². The molecule has 0 spiro atoms. The van der Waals surface area contributed by atoms with Gasteiger partial charge in [0.1, 0.15) is 5.82 Å². The van der Waals surface area contributed by atoms with E-state index in [0.717, 1.165) is 24.6 Å². The normalized spacial score (nSPS) is 27.6. The van der Waals surface area contributed by atoms with E-state index in [-0.39, 0.29) is 0 Å². The average molecular weight is 300 g/mol. The molecular formula is C14H19Cl2N3. The Kier molecular flexibility index (Phi) is 3.88. The number of anilines is 1. The number of aromatic nitrogens is 1. The number of fused-ring (bicyclic) bond motifs is 1. The lowest BCUT2D eigenvalue weighted by Crippen LogP contribution is -2.55. The van der Waals surface area contributed by atoms with Gasteiger partial charge in [0.2, 0.25) is 0 Å². The van der Waals surface area contributed by atoms with Crippen LogP contribution in [0.25, 0.3) is 0 Å². The molecule has 0 radical (unpaired) electrons. The molecule has 0 bridgehead atoms. The Morgan fingerprint density at radius 2 is 2.21 bits per heavy atom. The number of hydrogen-bond donors (Lipinski definition) is 0. The topological polar surface area (TPSA) is 19.4 Å². The highest BCUT2D eigenvalue weighted by Crippen LogP contribution is 2.29. The predicted octanol–water partition coefficient (Wildman–Crippen LogP) is 3.15. The number of hydrogen-bond acceptors (Lipinski definition) is 3. The number of pyridine rings is 1. The number of alkyl halides is 1. The first-order valence-corrected chi connectivity index (χ1v) is 7.82. The molecule has 1 aromatic heterocycles. The van der Waals surface area contributed by atoms with Crippen molar-refractivity contribution in [1.82, 2.24) is 9.88 Å². The first kappa shape index (κ1) is 13.5. The largest absolute Gasteiger partial charge is 0.351 e. The van der Waals surface area contributed by atoms with Crippen LogP contribution in [0.4, 0.5) is 5.82 Å². The van der Waals surface area contributed by atoms with Crippen LogP contribution in [-0.2, 0) is 5.88 Å². The van der Waals surface area contributed by atoms with E-state index < -0.39 is 0 Å². The Hall–Kier alpha value is -0.510. The molecule has 3 rings (SSSR count). The van der Waals surface area contributed by atoms with Gasteiger partial charge >= 0.3 is 0 Å². The van der Waals surface area contributed by atoms with Crippen LogP contribution in [0.2, 0.25) is 5.02 Å². The van der Waals surface area contributed by atoms with Crippen molar-refractivity contribution in [3.8, 4) is 0 Å². The van der Waals surface area contributed by atoms with Crippen LogP contribution in [0, 0.1) is 0 Å². The molecule has 2 unspecified atom stereocenters. The molecule has 2 aliphatic rings. The summed E-state index contributed by atoms with van der Waals surface area (Å²) in [5, 5.41) is 0.658. The molecule has 3 nitrogen and oxygen atoms in total. The fourth-order valence-corrected chi connectivity index (χ4v) is 3.68. The summed E-state index contributed by atoms with van der Waals surface area (Å²) < 4.78 is 0. The lowest BCUT2D eigenvalue weighted by molar-refractivity contribution is 0.202. The summed E-state index contributed by atoms with van der Waals surface area (Å²) in [4.78, 5) is 9.63. The Morgan fingerprint density at radius 3 is 3.00 bits per heavy atom. The first-order valence-electron chi connectivity index (χ1n) is 6.91. The van der Waals surface area contributed by atoms with Gasteiger partial charge in [-0.2, -0.15) is 0 Å². The molecule has 0 aliphatic carbocycles. The van der Waals surface area contributed by atoms with Gasteiger partial charge in [0.05, 0.1) is 16.6 Å². The second-order valence-electron chi connectivity index (χ2n) is 5.52. The van der Waals surface area contributed by atoms with Crippen LogP contribution in [0.1, 0.15) is 25.5 Å². The minimum Gasteiger partial charge on any atom is -0.351 e.